The van der Waals surface area contributed by atoms with E-state index in [1.807, 2.05) is 10.4 Å². The molecule has 0 N–H and O–H groups in total. The van der Waals surface area contributed by atoms with Crippen LogP contribution in [-0.4, -0.2) is 26.7 Å². The summed E-state index contributed by atoms with van der Waals surface area (Å²) in [5.41, 5.74) is 0. The van der Waals surface area contributed by atoms with E-state index >= 15 is 0 Å². The van der Waals surface area contributed by atoms with Gasteiger partial charge in [0, 0.05) is 0 Å². The molecule has 128 valence electrons. The summed E-state index contributed by atoms with van der Waals surface area (Å²) >= 11 is 0. The molecule has 0 unspecified atom stereocenters. The van der Waals surface area contributed by atoms with Crippen molar-refractivity contribution < 1.29 is 0 Å². The molecule has 0 atom stereocenters. The molecule has 23 heavy (non-hydrogen) atoms. The Bertz CT molecular complexity index is 489. The molecule has 0 amide bonds. The number of rotatable bonds is 5. The molecule has 1 saturated carbocycles. The highest BCUT2D eigenvalue weighted by Gasteiger charge is 2.59. The fourth-order valence-electron chi connectivity index (χ4n) is 5.95. The zero-order valence-corrected chi connectivity index (χ0v) is 17.7. The van der Waals surface area contributed by atoms with Gasteiger partial charge in [0.2, 0.25) is 0 Å². The van der Waals surface area contributed by atoms with E-state index in [4.69, 9.17) is 0 Å². The predicted molar refractivity (Wildman–Crippen MR) is 108 cm³/mol. The van der Waals surface area contributed by atoms with Crippen molar-refractivity contribution >= 4 is 26.8 Å². The van der Waals surface area contributed by atoms with Crippen LogP contribution in [-0.2, 0) is 0 Å². The first kappa shape index (κ1) is 17.4. The summed E-state index contributed by atoms with van der Waals surface area (Å²) in [6.07, 6.45) is 7.34. The molecule has 0 aromatic heterocycles. The Morgan fingerprint density at radius 3 is 1.61 bits per heavy atom. The third kappa shape index (κ3) is 2.42. The van der Waals surface area contributed by atoms with Gasteiger partial charge in [0.15, 0.2) is 16.5 Å². The average molecular weight is 346 g/mol. The van der Waals surface area contributed by atoms with Crippen LogP contribution in [0.25, 0.3) is 0 Å². The van der Waals surface area contributed by atoms with Gasteiger partial charge in [-0.25, -0.2) is 0 Å². The zero-order chi connectivity index (χ0) is 16.5. The van der Waals surface area contributed by atoms with Gasteiger partial charge in [-0.3, -0.25) is 0 Å². The second kappa shape index (κ2) is 6.85. The minimum absolute atomic E-state index is 0.897. The lowest BCUT2D eigenvalue weighted by atomic mass is 9.96. The number of nitrogens with zero attached hydrogens (tertiary/aromatic N) is 1. The summed E-state index contributed by atoms with van der Waals surface area (Å²) in [6.45, 7) is 9.99. The largest absolute Gasteiger partial charge is 0.335 e. The maximum atomic E-state index is 3.31. The summed E-state index contributed by atoms with van der Waals surface area (Å²) in [7, 11) is -3.00. The minimum Gasteiger partial charge on any atom is -0.335 e. The lowest BCUT2D eigenvalue weighted by Crippen LogP contribution is -2.68. The quantitative estimate of drug-likeness (QED) is 0.698. The van der Waals surface area contributed by atoms with Crippen LogP contribution in [0.4, 0.5) is 0 Å². The number of fused-ring (bicyclic) bond motifs is 1. The van der Waals surface area contributed by atoms with Crippen molar-refractivity contribution in [2.24, 2.45) is 0 Å². The fourth-order valence-corrected chi connectivity index (χ4v) is 21.5. The van der Waals surface area contributed by atoms with Crippen LogP contribution in [0.5, 0.6) is 0 Å². The van der Waals surface area contributed by atoms with E-state index in [1.54, 1.807) is 0 Å². The van der Waals surface area contributed by atoms with E-state index in [2.05, 4.69) is 56.2 Å². The van der Waals surface area contributed by atoms with E-state index in [1.165, 1.54) is 56.3 Å². The van der Waals surface area contributed by atoms with Gasteiger partial charge in [-0.1, -0.05) is 71.2 Å². The average Bonchev–Trinajstić information content (AvgIpc) is 2.89. The van der Waals surface area contributed by atoms with Crippen LogP contribution in [0.3, 0.4) is 0 Å². The van der Waals surface area contributed by atoms with E-state index in [-0.39, 0.29) is 0 Å². The van der Waals surface area contributed by atoms with Gasteiger partial charge in [0.1, 0.15) is 0 Å². The van der Waals surface area contributed by atoms with E-state index < -0.39 is 16.5 Å². The number of hydrogen-bond acceptors (Lipinski definition) is 1. The first-order valence-corrected chi connectivity index (χ1v) is 14.8. The lowest BCUT2D eigenvalue weighted by molar-refractivity contribution is 0.324. The van der Waals surface area contributed by atoms with Crippen molar-refractivity contribution in [2.45, 2.75) is 90.0 Å². The fraction of sp³-hybridized carbons (Fsp3) is 0.700. The van der Waals surface area contributed by atoms with Gasteiger partial charge in [-0.15, -0.1) is 0 Å². The predicted octanol–water partition coefficient (Wildman–Crippen LogP) is 4.72. The molecule has 0 bridgehead atoms. The van der Waals surface area contributed by atoms with Crippen molar-refractivity contribution in [3.8, 4) is 0 Å². The molecule has 3 heteroatoms. The molecule has 1 nitrogen and oxygen atoms in total. The first-order chi connectivity index (χ1) is 11.2. The lowest BCUT2D eigenvalue weighted by Gasteiger charge is -2.51. The van der Waals surface area contributed by atoms with Gasteiger partial charge in [-0.05, 0) is 53.4 Å². The Labute approximate surface area is 145 Å². The van der Waals surface area contributed by atoms with Crippen LogP contribution in [0.15, 0.2) is 24.3 Å². The molecule has 1 heterocycles. The molecule has 2 aliphatic rings. The normalized spacial score (nSPS) is 23.8. The third-order valence-corrected chi connectivity index (χ3v) is 20.1. The van der Waals surface area contributed by atoms with Gasteiger partial charge in [-0.2, -0.15) is 0 Å². The van der Waals surface area contributed by atoms with Crippen molar-refractivity contribution in [2.75, 3.05) is 0 Å². The molecule has 0 spiro atoms. The molecule has 1 aliphatic heterocycles. The van der Waals surface area contributed by atoms with Crippen molar-refractivity contribution in [1.82, 2.24) is 4.23 Å². The molecule has 1 aromatic carbocycles. The summed E-state index contributed by atoms with van der Waals surface area (Å²) < 4.78 is 3.31. The second-order valence-electron chi connectivity index (χ2n) is 7.68. The van der Waals surface area contributed by atoms with Crippen molar-refractivity contribution in [1.29, 1.82) is 0 Å². The van der Waals surface area contributed by atoms with Crippen LogP contribution in [0, 0.1) is 0 Å². The van der Waals surface area contributed by atoms with Gasteiger partial charge >= 0.3 is 0 Å². The molecule has 0 radical (unpaired) electrons. The first-order valence-electron chi connectivity index (χ1n) is 10.1. The van der Waals surface area contributed by atoms with Crippen LogP contribution in [0.2, 0.25) is 24.2 Å². The maximum Gasteiger partial charge on any atom is 0.153 e. The van der Waals surface area contributed by atoms with Gasteiger partial charge in [0.05, 0.1) is 0 Å². The molecule has 1 fully saturated rings. The third-order valence-electron chi connectivity index (χ3n) is 7.13. The SMILES string of the molecule is CC[Si]1(CC)c2ccccc2[Si](CC)(CC)N1C1CCCCC1. The number of benzene rings is 1. The van der Waals surface area contributed by atoms with Crippen LogP contribution >= 0.6 is 0 Å². The maximum absolute atomic E-state index is 3.31. The molecule has 1 aliphatic carbocycles. The van der Waals surface area contributed by atoms with Gasteiger partial charge < -0.3 is 4.23 Å². The van der Waals surface area contributed by atoms with Gasteiger partial charge in [0.25, 0.3) is 0 Å². The standard InChI is InChI=1S/C20H35NSi2/c1-5-22(6-2)19-16-12-13-17-20(19)23(7-3,8-4)21(22)18-14-10-9-11-15-18/h12-13,16-18H,5-11,14-15H2,1-4H3. The van der Waals surface area contributed by atoms with Crippen molar-refractivity contribution in [3.05, 3.63) is 24.3 Å². The highest BCUT2D eigenvalue weighted by atomic mass is 28.4. The Kier molecular flexibility index (Phi) is 5.19. The number of hydrogen-bond donors (Lipinski definition) is 0. The zero-order valence-electron chi connectivity index (χ0n) is 15.7. The topological polar surface area (TPSA) is 3.24 Å². The Morgan fingerprint density at radius 2 is 1.22 bits per heavy atom. The summed E-state index contributed by atoms with van der Waals surface area (Å²) in [6, 6.07) is 16.2. The summed E-state index contributed by atoms with van der Waals surface area (Å²) in [4.78, 5) is 0. The molecular weight excluding hydrogens is 310 g/mol. The van der Waals surface area contributed by atoms with E-state index in [0.717, 1.165) is 6.04 Å². The second-order valence-corrected chi connectivity index (χ2v) is 17.1. The Balaban J connectivity index is 2.19. The minimum atomic E-state index is -1.50. The van der Waals surface area contributed by atoms with Crippen LogP contribution < -0.4 is 10.4 Å². The summed E-state index contributed by atoms with van der Waals surface area (Å²) in [5.74, 6) is 0. The Morgan fingerprint density at radius 1 is 0.783 bits per heavy atom. The highest BCUT2D eigenvalue weighted by molar-refractivity contribution is 7.12. The Hall–Kier alpha value is -0.386. The molecular formula is C20H35NSi2. The summed E-state index contributed by atoms with van der Waals surface area (Å²) in [5, 5.41) is 3.68. The van der Waals surface area contributed by atoms with Crippen LogP contribution in [0.1, 0.15) is 59.8 Å². The smallest absolute Gasteiger partial charge is 0.153 e. The molecule has 0 saturated heterocycles. The molecule has 1 aromatic rings. The van der Waals surface area contributed by atoms with Crippen molar-refractivity contribution in [3.63, 3.8) is 0 Å². The molecule has 3 rings (SSSR count). The monoisotopic (exact) mass is 345 g/mol. The van der Waals surface area contributed by atoms with E-state index in [0.29, 0.717) is 0 Å². The highest BCUT2D eigenvalue weighted by Crippen LogP contribution is 2.40. The van der Waals surface area contributed by atoms with E-state index in [9.17, 15) is 0 Å².